The van der Waals surface area contributed by atoms with Crippen molar-refractivity contribution >= 4 is 17.2 Å². The third-order valence-corrected chi connectivity index (χ3v) is 3.94. The van der Waals surface area contributed by atoms with Crippen LogP contribution in [0.5, 0.6) is 0 Å². The highest BCUT2D eigenvalue weighted by Crippen LogP contribution is 2.23. The van der Waals surface area contributed by atoms with Crippen molar-refractivity contribution in [2.75, 3.05) is 4.90 Å². The van der Waals surface area contributed by atoms with Crippen LogP contribution in [0.2, 0.25) is 0 Å². The zero-order valence-corrected chi connectivity index (χ0v) is 12.4. The SMILES string of the molecule is CC(O)c1ccnc(N(Cc2cccs2)C(C)C)c1. The second-order valence-corrected chi connectivity index (χ2v) is 5.96. The van der Waals surface area contributed by atoms with E-state index in [9.17, 15) is 5.11 Å². The Hall–Kier alpha value is -1.39. The molecular weight excluding hydrogens is 256 g/mol. The third kappa shape index (κ3) is 3.55. The Balaban J connectivity index is 2.26. The van der Waals surface area contributed by atoms with Gasteiger partial charge in [-0.3, -0.25) is 0 Å². The summed E-state index contributed by atoms with van der Waals surface area (Å²) in [6.45, 7) is 6.94. The number of aliphatic hydroxyl groups excluding tert-OH is 1. The topological polar surface area (TPSA) is 36.4 Å². The van der Waals surface area contributed by atoms with Crippen LogP contribution in [0.1, 0.15) is 37.3 Å². The van der Waals surface area contributed by atoms with Crippen molar-refractivity contribution in [3.8, 4) is 0 Å². The van der Waals surface area contributed by atoms with Crippen LogP contribution in [0.3, 0.4) is 0 Å². The van der Waals surface area contributed by atoms with Crippen molar-refractivity contribution in [2.24, 2.45) is 0 Å². The fourth-order valence-corrected chi connectivity index (χ4v) is 2.65. The van der Waals surface area contributed by atoms with Gasteiger partial charge in [0.1, 0.15) is 5.82 Å². The zero-order valence-electron chi connectivity index (χ0n) is 11.6. The quantitative estimate of drug-likeness (QED) is 0.906. The molecule has 0 aromatic carbocycles. The minimum atomic E-state index is -0.461. The van der Waals surface area contributed by atoms with E-state index >= 15 is 0 Å². The minimum Gasteiger partial charge on any atom is -0.389 e. The molecule has 1 atom stereocenters. The molecule has 2 heterocycles. The molecule has 0 radical (unpaired) electrons. The lowest BCUT2D eigenvalue weighted by Gasteiger charge is -2.28. The molecule has 2 aromatic heterocycles. The lowest BCUT2D eigenvalue weighted by molar-refractivity contribution is 0.199. The fraction of sp³-hybridized carbons (Fsp3) is 0.400. The number of rotatable bonds is 5. The molecule has 0 saturated heterocycles. The number of hydrogen-bond acceptors (Lipinski definition) is 4. The predicted octanol–water partition coefficient (Wildman–Crippen LogP) is 3.61. The molecule has 1 unspecified atom stereocenters. The first-order chi connectivity index (χ1) is 9.08. The largest absolute Gasteiger partial charge is 0.389 e. The van der Waals surface area contributed by atoms with E-state index in [1.54, 1.807) is 24.5 Å². The average molecular weight is 276 g/mol. The molecule has 2 rings (SSSR count). The van der Waals surface area contributed by atoms with Crippen molar-refractivity contribution in [1.29, 1.82) is 0 Å². The molecule has 0 aliphatic carbocycles. The van der Waals surface area contributed by atoms with Crippen molar-refractivity contribution in [2.45, 2.75) is 39.5 Å². The second-order valence-electron chi connectivity index (χ2n) is 4.92. The Morgan fingerprint density at radius 3 is 2.68 bits per heavy atom. The maximum absolute atomic E-state index is 9.68. The van der Waals surface area contributed by atoms with Crippen LogP contribution in [0.25, 0.3) is 0 Å². The number of nitrogens with zero attached hydrogens (tertiary/aromatic N) is 2. The Bertz CT molecular complexity index is 509. The molecule has 0 aliphatic heterocycles. The molecule has 19 heavy (non-hydrogen) atoms. The second kappa shape index (κ2) is 6.17. The summed E-state index contributed by atoms with van der Waals surface area (Å²) in [6.07, 6.45) is 1.30. The van der Waals surface area contributed by atoms with Gasteiger partial charge in [-0.05, 0) is 49.9 Å². The summed E-state index contributed by atoms with van der Waals surface area (Å²) >= 11 is 1.75. The van der Waals surface area contributed by atoms with Crippen LogP contribution >= 0.6 is 11.3 Å². The van der Waals surface area contributed by atoms with Crippen LogP contribution in [-0.4, -0.2) is 16.1 Å². The maximum atomic E-state index is 9.68. The van der Waals surface area contributed by atoms with Crippen LogP contribution in [0.15, 0.2) is 35.8 Å². The first-order valence-electron chi connectivity index (χ1n) is 6.51. The van der Waals surface area contributed by atoms with Gasteiger partial charge in [0.2, 0.25) is 0 Å². The lowest BCUT2D eigenvalue weighted by atomic mass is 10.1. The van der Waals surface area contributed by atoms with Crippen molar-refractivity contribution in [3.05, 3.63) is 46.3 Å². The summed E-state index contributed by atoms with van der Waals surface area (Å²) in [6, 6.07) is 8.39. The van der Waals surface area contributed by atoms with E-state index < -0.39 is 6.10 Å². The number of aromatic nitrogens is 1. The van der Waals surface area contributed by atoms with E-state index in [0.717, 1.165) is 17.9 Å². The number of thiophene rings is 1. The average Bonchev–Trinajstić information content (AvgIpc) is 2.88. The molecule has 4 heteroatoms. The van der Waals surface area contributed by atoms with Gasteiger partial charge in [-0.1, -0.05) is 6.07 Å². The van der Waals surface area contributed by atoms with Gasteiger partial charge >= 0.3 is 0 Å². The summed E-state index contributed by atoms with van der Waals surface area (Å²) in [5, 5.41) is 11.8. The van der Waals surface area contributed by atoms with Crippen molar-refractivity contribution < 1.29 is 5.11 Å². The van der Waals surface area contributed by atoms with Gasteiger partial charge in [0, 0.05) is 17.1 Å². The molecule has 0 bridgehead atoms. The Morgan fingerprint density at radius 1 is 1.32 bits per heavy atom. The van der Waals surface area contributed by atoms with E-state index in [4.69, 9.17) is 0 Å². The number of hydrogen-bond donors (Lipinski definition) is 1. The van der Waals surface area contributed by atoms with Crippen LogP contribution in [0.4, 0.5) is 5.82 Å². The standard InChI is InChI=1S/C15H20N2OS/c1-11(2)17(10-14-5-4-8-19-14)15-9-13(12(3)18)6-7-16-15/h4-9,11-12,18H,10H2,1-3H3. The highest BCUT2D eigenvalue weighted by Gasteiger charge is 2.14. The first-order valence-corrected chi connectivity index (χ1v) is 7.39. The highest BCUT2D eigenvalue weighted by molar-refractivity contribution is 7.09. The van der Waals surface area contributed by atoms with Crippen LogP contribution in [0, 0.1) is 0 Å². The molecule has 1 N–H and O–H groups in total. The maximum Gasteiger partial charge on any atom is 0.129 e. The Morgan fingerprint density at radius 2 is 2.11 bits per heavy atom. The number of aliphatic hydroxyl groups is 1. The van der Waals surface area contributed by atoms with E-state index in [2.05, 4.69) is 41.2 Å². The molecule has 0 saturated carbocycles. The summed E-state index contributed by atoms with van der Waals surface area (Å²) in [4.78, 5) is 8.01. The summed E-state index contributed by atoms with van der Waals surface area (Å²) in [5.74, 6) is 0.918. The van der Waals surface area contributed by atoms with Gasteiger partial charge < -0.3 is 10.0 Å². The summed E-state index contributed by atoms with van der Waals surface area (Å²) in [7, 11) is 0. The van der Waals surface area contributed by atoms with E-state index in [1.807, 2.05) is 12.1 Å². The van der Waals surface area contributed by atoms with Gasteiger partial charge in [-0.15, -0.1) is 11.3 Å². The summed E-state index contributed by atoms with van der Waals surface area (Å²) < 4.78 is 0. The van der Waals surface area contributed by atoms with Crippen molar-refractivity contribution in [1.82, 2.24) is 4.98 Å². The molecular formula is C15H20N2OS. The van der Waals surface area contributed by atoms with Crippen molar-refractivity contribution in [3.63, 3.8) is 0 Å². The van der Waals surface area contributed by atoms with Crippen LogP contribution < -0.4 is 4.90 Å². The highest BCUT2D eigenvalue weighted by atomic mass is 32.1. The number of anilines is 1. The Labute approximate surface area is 118 Å². The predicted molar refractivity (Wildman–Crippen MR) is 80.5 cm³/mol. The van der Waals surface area contributed by atoms with Gasteiger partial charge in [0.05, 0.1) is 12.6 Å². The van der Waals surface area contributed by atoms with Gasteiger partial charge in [0.25, 0.3) is 0 Å². The molecule has 2 aromatic rings. The van der Waals surface area contributed by atoms with Crippen LogP contribution in [-0.2, 0) is 6.54 Å². The summed E-state index contributed by atoms with van der Waals surface area (Å²) in [5.41, 5.74) is 0.904. The minimum absolute atomic E-state index is 0.360. The van der Waals surface area contributed by atoms with E-state index in [1.165, 1.54) is 4.88 Å². The molecule has 3 nitrogen and oxygen atoms in total. The van der Waals surface area contributed by atoms with Gasteiger partial charge in [-0.2, -0.15) is 0 Å². The Kier molecular flexibility index (Phi) is 4.56. The molecule has 0 spiro atoms. The smallest absolute Gasteiger partial charge is 0.129 e. The van der Waals surface area contributed by atoms with E-state index in [0.29, 0.717) is 6.04 Å². The molecule has 102 valence electrons. The fourth-order valence-electron chi connectivity index (χ4n) is 1.95. The van der Waals surface area contributed by atoms with Gasteiger partial charge in [0.15, 0.2) is 0 Å². The number of pyridine rings is 1. The third-order valence-electron chi connectivity index (χ3n) is 3.08. The lowest BCUT2D eigenvalue weighted by Crippen LogP contribution is -2.30. The first kappa shape index (κ1) is 14.0. The van der Waals surface area contributed by atoms with Gasteiger partial charge in [-0.25, -0.2) is 4.98 Å². The normalized spacial score (nSPS) is 12.7. The molecule has 0 fully saturated rings. The van der Waals surface area contributed by atoms with E-state index in [-0.39, 0.29) is 0 Å². The zero-order chi connectivity index (χ0) is 13.8. The molecule has 0 aliphatic rings. The molecule has 0 amide bonds. The monoisotopic (exact) mass is 276 g/mol.